The van der Waals surface area contributed by atoms with Gasteiger partial charge in [-0.1, -0.05) is 44.2 Å². The van der Waals surface area contributed by atoms with Gasteiger partial charge in [-0.3, -0.25) is 9.78 Å². The highest BCUT2D eigenvalue weighted by atomic mass is 35.5. The number of hydrogen-bond acceptors (Lipinski definition) is 4. The normalized spacial score (nSPS) is 17.2. The number of aromatic nitrogens is 1. The van der Waals surface area contributed by atoms with E-state index in [2.05, 4.69) is 16.8 Å². The third-order valence-corrected chi connectivity index (χ3v) is 7.40. The first-order chi connectivity index (χ1) is 15.9. The number of halogens is 2. The van der Waals surface area contributed by atoms with E-state index >= 15 is 4.39 Å². The highest BCUT2D eigenvalue weighted by Crippen LogP contribution is 2.42. The predicted molar refractivity (Wildman–Crippen MR) is 131 cm³/mol. The molecule has 0 amide bonds. The molecule has 1 aromatic heterocycles. The summed E-state index contributed by atoms with van der Waals surface area (Å²) >= 11 is 6.35. The van der Waals surface area contributed by atoms with Crippen molar-refractivity contribution in [2.75, 3.05) is 26.7 Å². The number of alkyl halides is 1. The standard InChI is InChI=1S/C26H36ClFN2O3/c1-3-4-5-6-7-14-30-15-12-26(13-16-30,25(31)32)11-10-22(28)24-20-17-19(33-2)8-9-23(20)29-18-21(24)27/h8-9,17-18,22H,3-7,10-16H2,1-2H3,(H,31,32). The fraction of sp³-hybridized carbons (Fsp3) is 0.615. The highest BCUT2D eigenvalue weighted by molar-refractivity contribution is 6.32. The molecule has 2 heterocycles. The average molecular weight is 479 g/mol. The fourth-order valence-electron chi connectivity index (χ4n) is 4.87. The molecule has 1 unspecified atom stereocenters. The van der Waals surface area contributed by atoms with Crippen molar-refractivity contribution >= 4 is 28.5 Å². The third-order valence-electron chi connectivity index (χ3n) is 7.10. The van der Waals surface area contributed by atoms with Gasteiger partial charge in [-0.15, -0.1) is 0 Å². The van der Waals surface area contributed by atoms with Crippen LogP contribution in [0.15, 0.2) is 24.4 Å². The van der Waals surface area contributed by atoms with Crippen LogP contribution in [-0.4, -0.2) is 47.7 Å². The van der Waals surface area contributed by atoms with Crippen LogP contribution >= 0.6 is 11.6 Å². The van der Waals surface area contributed by atoms with Gasteiger partial charge in [0.25, 0.3) is 0 Å². The molecule has 5 nitrogen and oxygen atoms in total. The Labute approximate surface area is 201 Å². The van der Waals surface area contributed by atoms with Crippen molar-refractivity contribution < 1.29 is 19.0 Å². The van der Waals surface area contributed by atoms with Gasteiger partial charge in [0.15, 0.2) is 0 Å². The molecule has 1 saturated heterocycles. The van der Waals surface area contributed by atoms with Crippen LogP contribution in [0.25, 0.3) is 10.9 Å². The Bertz CT molecular complexity index is 931. The average Bonchev–Trinajstić information content (AvgIpc) is 2.82. The van der Waals surface area contributed by atoms with Crippen LogP contribution in [0.3, 0.4) is 0 Å². The summed E-state index contributed by atoms with van der Waals surface area (Å²) in [6.45, 7) is 4.74. The number of aliphatic carboxylic acids is 1. The number of ether oxygens (including phenoxy) is 1. The summed E-state index contributed by atoms with van der Waals surface area (Å²) in [4.78, 5) is 18.9. The molecule has 1 aromatic carbocycles. The number of benzene rings is 1. The van der Waals surface area contributed by atoms with E-state index in [1.807, 2.05) is 0 Å². The molecule has 0 bridgehead atoms. The van der Waals surface area contributed by atoms with Gasteiger partial charge >= 0.3 is 5.97 Å². The predicted octanol–water partition coefficient (Wildman–Crippen LogP) is 6.82. The van der Waals surface area contributed by atoms with Crippen molar-refractivity contribution in [3.05, 3.63) is 35.0 Å². The number of fused-ring (bicyclic) bond motifs is 1. The molecule has 33 heavy (non-hydrogen) atoms. The Morgan fingerprint density at radius 1 is 1.27 bits per heavy atom. The van der Waals surface area contributed by atoms with Crippen molar-refractivity contribution in [3.63, 3.8) is 0 Å². The number of carboxylic acids is 1. The quantitative estimate of drug-likeness (QED) is 0.339. The summed E-state index contributed by atoms with van der Waals surface area (Å²) < 4.78 is 20.8. The smallest absolute Gasteiger partial charge is 0.309 e. The van der Waals surface area contributed by atoms with E-state index in [1.165, 1.54) is 31.9 Å². The highest BCUT2D eigenvalue weighted by Gasteiger charge is 2.41. The molecule has 2 aromatic rings. The van der Waals surface area contributed by atoms with E-state index in [1.54, 1.807) is 25.3 Å². The summed E-state index contributed by atoms with van der Waals surface area (Å²) in [5.41, 5.74) is 0.124. The molecule has 1 fully saturated rings. The van der Waals surface area contributed by atoms with Gasteiger partial charge in [0.2, 0.25) is 0 Å². The molecule has 0 aliphatic carbocycles. The summed E-state index contributed by atoms with van der Waals surface area (Å²) in [6, 6.07) is 5.29. The molecule has 0 spiro atoms. The first-order valence-electron chi connectivity index (χ1n) is 12.1. The Balaban J connectivity index is 1.64. The van der Waals surface area contributed by atoms with E-state index < -0.39 is 17.6 Å². The molecule has 1 aliphatic rings. The Morgan fingerprint density at radius 3 is 2.67 bits per heavy atom. The lowest BCUT2D eigenvalue weighted by atomic mass is 9.74. The molecule has 0 radical (unpaired) electrons. The molecule has 3 rings (SSSR count). The monoisotopic (exact) mass is 478 g/mol. The van der Waals surface area contributed by atoms with Gasteiger partial charge in [0.1, 0.15) is 11.9 Å². The number of hydrogen-bond donors (Lipinski definition) is 1. The van der Waals surface area contributed by atoms with E-state index in [9.17, 15) is 9.90 Å². The van der Waals surface area contributed by atoms with Gasteiger partial charge in [-0.25, -0.2) is 4.39 Å². The molecule has 1 N–H and O–H groups in total. The molecular formula is C26H36ClFN2O3. The van der Waals surface area contributed by atoms with E-state index in [-0.39, 0.29) is 17.9 Å². The number of likely N-dealkylation sites (tertiary alicyclic amines) is 1. The van der Waals surface area contributed by atoms with E-state index in [0.29, 0.717) is 35.1 Å². The largest absolute Gasteiger partial charge is 0.497 e. The maximum Gasteiger partial charge on any atom is 0.309 e. The summed E-state index contributed by atoms with van der Waals surface area (Å²) in [5.74, 6) is -0.214. The minimum atomic E-state index is -1.37. The van der Waals surface area contributed by atoms with Crippen LogP contribution in [0.1, 0.15) is 76.4 Å². The lowest BCUT2D eigenvalue weighted by Crippen LogP contribution is -2.44. The zero-order valence-electron chi connectivity index (χ0n) is 19.8. The van der Waals surface area contributed by atoms with Crippen LogP contribution in [-0.2, 0) is 4.79 Å². The number of carbonyl (C=O) groups is 1. The summed E-state index contributed by atoms with van der Waals surface area (Å²) in [6.07, 6.45) is 7.76. The number of methoxy groups -OCH3 is 1. The lowest BCUT2D eigenvalue weighted by Gasteiger charge is -2.39. The van der Waals surface area contributed by atoms with Crippen molar-refractivity contribution in [1.82, 2.24) is 9.88 Å². The van der Waals surface area contributed by atoms with Gasteiger partial charge in [0.05, 0.1) is 23.1 Å². The van der Waals surface area contributed by atoms with Crippen molar-refractivity contribution in [3.8, 4) is 5.75 Å². The Morgan fingerprint density at radius 2 is 2.00 bits per heavy atom. The van der Waals surface area contributed by atoms with Gasteiger partial charge in [-0.05, 0) is 69.9 Å². The molecule has 1 aliphatic heterocycles. The minimum Gasteiger partial charge on any atom is -0.497 e. The van der Waals surface area contributed by atoms with Gasteiger partial charge in [0, 0.05) is 17.1 Å². The molecule has 182 valence electrons. The second kappa shape index (κ2) is 12.0. The topological polar surface area (TPSA) is 62.7 Å². The van der Waals surface area contributed by atoms with Crippen LogP contribution in [0.2, 0.25) is 5.02 Å². The van der Waals surface area contributed by atoms with E-state index in [4.69, 9.17) is 16.3 Å². The maximum absolute atomic E-state index is 15.5. The second-order valence-electron chi connectivity index (χ2n) is 9.25. The van der Waals surface area contributed by atoms with Crippen molar-refractivity contribution in [1.29, 1.82) is 0 Å². The molecule has 1 atom stereocenters. The van der Waals surface area contributed by atoms with Crippen molar-refractivity contribution in [2.24, 2.45) is 5.41 Å². The summed E-state index contributed by atoms with van der Waals surface area (Å²) in [7, 11) is 1.56. The number of carboxylic acid groups (broad SMARTS) is 1. The summed E-state index contributed by atoms with van der Waals surface area (Å²) in [5, 5.41) is 10.9. The lowest BCUT2D eigenvalue weighted by molar-refractivity contribution is -0.153. The minimum absolute atomic E-state index is 0.110. The Hall–Kier alpha value is -1.92. The second-order valence-corrected chi connectivity index (χ2v) is 9.66. The van der Waals surface area contributed by atoms with Crippen LogP contribution in [0, 0.1) is 5.41 Å². The molecule has 0 saturated carbocycles. The zero-order valence-corrected chi connectivity index (χ0v) is 20.5. The first kappa shape index (κ1) is 25.7. The number of rotatable bonds is 12. The third kappa shape index (κ3) is 6.36. The first-order valence-corrected chi connectivity index (χ1v) is 12.5. The van der Waals surface area contributed by atoms with Gasteiger partial charge < -0.3 is 14.7 Å². The Kier molecular flexibility index (Phi) is 9.33. The number of pyridine rings is 1. The molecular weight excluding hydrogens is 443 g/mol. The van der Waals surface area contributed by atoms with E-state index in [0.717, 1.165) is 26.1 Å². The van der Waals surface area contributed by atoms with Crippen LogP contribution in [0.5, 0.6) is 5.75 Å². The fourth-order valence-corrected chi connectivity index (χ4v) is 5.14. The van der Waals surface area contributed by atoms with Crippen molar-refractivity contribution in [2.45, 2.75) is 70.9 Å². The van der Waals surface area contributed by atoms with Gasteiger partial charge in [-0.2, -0.15) is 0 Å². The molecule has 7 heteroatoms. The number of piperidine rings is 1. The van der Waals surface area contributed by atoms with Crippen LogP contribution < -0.4 is 4.74 Å². The maximum atomic E-state index is 15.5. The SMILES string of the molecule is CCCCCCCN1CCC(CCC(F)c2c(Cl)cnc3ccc(OC)cc23)(C(=O)O)CC1. The van der Waals surface area contributed by atoms with Crippen LogP contribution in [0.4, 0.5) is 4.39 Å². The zero-order chi connectivity index (χ0) is 23.8. The number of unbranched alkanes of at least 4 members (excludes halogenated alkanes) is 4. The number of nitrogens with zero attached hydrogens (tertiary/aromatic N) is 2.